The molecule has 2 aromatic carbocycles. The minimum absolute atomic E-state index is 0.262. The van der Waals surface area contributed by atoms with Crippen LogP contribution < -0.4 is 0 Å². The molecule has 0 spiro atoms. The third kappa shape index (κ3) is 2.72. The zero-order valence-corrected chi connectivity index (χ0v) is 12.0. The maximum atomic E-state index is 14.8. The van der Waals surface area contributed by atoms with Crippen LogP contribution in [0.15, 0.2) is 60.7 Å². The predicted molar refractivity (Wildman–Crippen MR) is 82.5 cm³/mol. The molecule has 1 aromatic heterocycles. The summed E-state index contributed by atoms with van der Waals surface area (Å²) in [5.41, 5.74) is 3.34. The number of hydrogen-bond acceptors (Lipinski definition) is 1. The Balaban J connectivity index is 2.02. The van der Waals surface area contributed by atoms with Crippen LogP contribution in [0.25, 0.3) is 11.1 Å². The van der Waals surface area contributed by atoms with E-state index in [0.717, 1.165) is 16.8 Å². The van der Waals surface area contributed by atoms with Crippen molar-refractivity contribution in [1.29, 1.82) is 0 Å². The van der Waals surface area contributed by atoms with Gasteiger partial charge in [-0.2, -0.15) is 9.49 Å². The lowest BCUT2D eigenvalue weighted by Gasteiger charge is -2.03. The highest BCUT2D eigenvalue weighted by atomic mass is 19.1. The monoisotopic (exact) mass is 280 g/mol. The van der Waals surface area contributed by atoms with Crippen molar-refractivity contribution in [2.45, 2.75) is 19.9 Å². The highest BCUT2D eigenvalue weighted by Gasteiger charge is 2.18. The largest absolute Gasteiger partial charge is 0.234 e. The molecular formula is C18H17FN2. The normalized spacial score (nSPS) is 10.8. The molecule has 3 aromatic rings. The molecule has 0 fully saturated rings. The van der Waals surface area contributed by atoms with Crippen LogP contribution in [0.5, 0.6) is 0 Å². The van der Waals surface area contributed by atoms with Gasteiger partial charge in [0.15, 0.2) is 0 Å². The summed E-state index contributed by atoms with van der Waals surface area (Å²) in [6, 6.07) is 19.4. The van der Waals surface area contributed by atoms with Crippen molar-refractivity contribution in [2.75, 3.05) is 0 Å². The van der Waals surface area contributed by atoms with Crippen molar-refractivity contribution >= 4 is 0 Å². The predicted octanol–water partition coefficient (Wildman–Crippen LogP) is 4.30. The Labute approximate surface area is 123 Å². The van der Waals surface area contributed by atoms with Gasteiger partial charge in [-0.25, -0.2) is 4.68 Å². The first-order valence-corrected chi connectivity index (χ1v) is 7.14. The first kappa shape index (κ1) is 13.6. The summed E-state index contributed by atoms with van der Waals surface area (Å²) in [7, 11) is 0. The summed E-state index contributed by atoms with van der Waals surface area (Å²) < 4.78 is 16.2. The molecule has 1 heterocycles. The zero-order valence-electron chi connectivity index (χ0n) is 12.0. The summed E-state index contributed by atoms with van der Waals surface area (Å²) in [5.74, 6) is -0.262. The molecule has 0 radical (unpaired) electrons. The van der Waals surface area contributed by atoms with E-state index >= 15 is 0 Å². The summed E-state index contributed by atoms with van der Waals surface area (Å²) >= 11 is 0. The third-order valence-electron chi connectivity index (χ3n) is 3.54. The molecule has 0 amide bonds. The third-order valence-corrected chi connectivity index (χ3v) is 3.54. The van der Waals surface area contributed by atoms with Gasteiger partial charge in [0, 0.05) is 0 Å². The molecule has 0 unspecified atom stereocenters. The lowest BCUT2D eigenvalue weighted by Crippen LogP contribution is -2.04. The van der Waals surface area contributed by atoms with E-state index in [4.69, 9.17) is 0 Å². The van der Waals surface area contributed by atoms with E-state index in [2.05, 4.69) is 5.10 Å². The van der Waals surface area contributed by atoms with E-state index in [1.807, 2.05) is 67.6 Å². The van der Waals surface area contributed by atoms with Gasteiger partial charge in [0.1, 0.15) is 0 Å². The fraction of sp³-hybridized carbons (Fsp3) is 0.167. The van der Waals surface area contributed by atoms with E-state index in [0.29, 0.717) is 18.5 Å². The zero-order chi connectivity index (χ0) is 14.7. The number of rotatable bonds is 4. The van der Waals surface area contributed by atoms with Gasteiger partial charge >= 0.3 is 0 Å². The van der Waals surface area contributed by atoms with Crippen LogP contribution in [-0.4, -0.2) is 9.78 Å². The van der Waals surface area contributed by atoms with E-state index < -0.39 is 0 Å². The van der Waals surface area contributed by atoms with Gasteiger partial charge in [0.25, 0.3) is 0 Å². The molecule has 0 N–H and O–H groups in total. The molecule has 3 rings (SSSR count). The Morgan fingerprint density at radius 2 is 1.57 bits per heavy atom. The van der Waals surface area contributed by atoms with Gasteiger partial charge in [-0.15, -0.1) is 0 Å². The van der Waals surface area contributed by atoms with Crippen molar-refractivity contribution in [3.63, 3.8) is 0 Å². The number of aromatic nitrogens is 2. The van der Waals surface area contributed by atoms with Crippen molar-refractivity contribution < 1.29 is 4.39 Å². The maximum absolute atomic E-state index is 14.8. The van der Waals surface area contributed by atoms with Gasteiger partial charge < -0.3 is 0 Å². The van der Waals surface area contributed by atoms with Gasteiger partial charge in [0.2, 0.25) is 5.95 Å². The lowest BCUT2D eigenvalue weighted by molar-refractivity contribution is 0.481. The molecule has 2 nitrogen and oxygen atoms in total. The summed E-state index contributed by atoms with van der Waals surface area (Å²) in [6.45, 7) is 2.45. The summed E-state index contributed by atoms with van der Waals surface area (Å²) in [5, 5.41) is 4.44. The second kappa shape index (κ2) is 5.92. The first-order valence-electron chi connectivity index (χ1n) is 7.14. The van der Waals surface area contributed by atoms with Gasteiger partial charge in [-0.1, -0.05) is 67.6 Å². The Bertz CT molecular complexity index is 718. The molecule has 106 valence electrons. The SMILES string of the molecule is CCc1nn(Cc2ccccc2)c(F)c1-c1ccccc1. The minimum atomic E-state index is -0.262. The molecule has 0 aliphatic heterocycles. The Morgan fingerprint density at radius 3 is 2.19 bits per heavy atom. The number of nitrogens with zero attached hydrogens (tertiary/aromatic N) is 2. The highest BCUT2D eigenvalue weighted by Crippen LogP contribution is 2.27. The maximum Gasteiger partial charge on any atom is 0.219 e. The summed E-state index contributed by atoms with van der Waals surface area (Å²) in [4.78, 5) is 0. The lowest BCUT2D eigenvalue weighted by atomic mass is 10.1. The van der Waals surface area contributed by atoms with Crippen molar-refractivity contribution in [3.05, 3.63) is 77.9 Å². The first-order chi connectivity index (χ1) is 10.3. The Kier molecular flexibility index (Phi) is 3.82. The number of benzene rings is 2. The average molecular weight is 280 g/mol. The molecule has 0 bridgehead atoms. The molecule has 21 heavy (non-hydrogen) atoms. The molecule has 3 heteroatoms. The van der Waals surface area contributed by atoms with Crippen LogP contribution in [0, 0.1) is 5.95 Å². The Hall–Kier alpha value is -2.42. The van der Waals surface area contributed by atoms with Gasteiger partial charge in [-0.3, -0.25) is 0 Å². The standard InChI is InChI=1S/C18H17FN2/c1-2-16-17(15-11-7-4-8-12-15)18(19)21(20-16)13-14-9-5-3-6-10-14/h3-12H,2,13H2,1H3. The van der Waals surface area contributed by atoms with E-state index in [1.54, 1.807) is 0 Å². The van der Waals surface area contributed by atoms with Gasteiger partial charge in [0.05, 0.1) is 17.8 Å². The molecule has 0 aliphatic carbocycles. The quantitative estimate of drug-likeness (QED) is 0.696. The van der Waals surface area contributed by atoms with Crippen molar-refractivity contribution in [1.82, 2.24) is 9.78 Å². The van der Waals surface area contributed by atoms with Crippen LogP contribution in [0.1, 0.15) is 18.2 Å². The molecule has 0 aliphatic rings. The topological polar surface area (TPSA) is 17.8 Å². The second-order valence-electron chi connectivity index (χ2n) is 4.98. The van der Waals surface area contributed by atoms with E-state index in [9.17, 15) is 4.39 Å². The average Bonchev–Trinajstić information content (AvgIpc) is 2.85. The van der Waals surface area contributed by atoms with E-state index in [1.165, 1.54) is 4.68 Å². The fourth-order valence-electron chi connectivity index (χ4n) is 2.49. The fourth-order valence-corrected chi connectivity index (χ4v) is 2.49. The molecule has 0 saturated carbocycles. The molecule has 0 atom stereocenters. The van der Waals surface area contributed by atoms with Crippen molar-refractivity contribution in [3.8, 4) is 11.1 Å². The number of hydrogen-bond donors (Lipinski definition) is 0. The Morgan fingerprint density at radius 1 is 0.952 bits per heavy atom. The van der Waals surface area contributed by atoms with Crippen LogP contribution >= 0.6 is 0 Å². The van der Waals surface area contributed by atoms with Crippen LogP contribution in [0.3, 0.4) is 0 Å². The van der Waals surface area contributed by atoms with Crippen molar-refractivity contribution in [2.24, 2.45) is 0 Å². The van der Waals surface area contributed by atoms with Crippen LogP contribution in [0.4, 0.5) is 4.39 Å². The van der Waals surface area contributed by atoms with E-state index in [-0.39, 0.29) is 5.95 Å². The minimum Gasteiger partial charge on any atom is -0.234 e. The molecule has 0 saturated heterocycles. The van der Waals surface area contributed by atoms with Crippen LogP contribution in [0.2, 0.25) is 0 Å². The van der Waals surface area contributed by atoms with Crippen LogP contribution in [-0.2, 0) is 13.0 Å². The molecular weight excluding hydrogens is 263 g/mol. The van der Waals surface area contributed by atoms with Gasteiger partial charge in [-0.05, 0) is 17.5 Å². The number of aryl methyl sites for hydroxylation is 1. The second-order valence-corrected chi connectivity index (χ2v) is 4.98. The smallest absolute Gasteiger partial charge is 0.219 e. The number of halogens is 1. The summed E-state index contributed by atoms with van der Waals surface area (Å²) in [6.07, 6.45) is 0.711. The highest BCUT2D eigenvalue weighted by molar-refractivity contribution is 5.65.